The highest BCUT2D eigenvalue weighted by molar-refractivity contribution is 7.88. The summed E-state index contributed by atoms with van der Waals surface area (Å²) in [6, 6.07) is 18.5. The van der Waals surface area contributed by atoms with E-state index in [1.807, 2.05) is 67.5 Å². The zero-order valence-electron chi connectivity index (χ0n) is 19.7. The Labute approximate surface area is 205 Å². The predicted octanol–water partition coefficient (Wildman–Crippen LogP) is 2.28. The molecule has 2 N–H and O–H groups in total. The van der Waals surface area contributed by atoms with E-state index < -0.39 is 16.1 Å². The number of benzene rings is 2. The molecule has 5 rings (SSSR count). The van der Waals surface area contributed by atoms with Crippen molar-refractivity contribution < 1.29 is 17.9 Å². The van der Waals surface area contributed by atoms with E-state index in [2.05, 4.69) is 20.0 Å². The first-order valence-corrected chi connectivity index (χ1v) is 13.2. The second-order valence-corrected chi connectivity index (χ2v) is 10.8. The molecular formula is C25H29N5O4S. The molecule has 10 heteroatoms. The maximum atomic E-state index is 12.7. The Kier molecular flexibility index (Phi) is 6.70. The van der Waals surface area contributed by atoms with Crippen LogP contribution in [0.2, 0.25) is 0 Å². The molecule has 0 unspecified atom stereocenters. The average Bonchev–Trinajstić information content (AvgIpc) is 3.43. The van der Waals surface area contributed by atoms with Crippen molar-refractivity contribution in [2.45, 2.75) is 30.0 Å². The molecule has 3 aromatic rings. The van der Waals surface area contributed by atoms with Gasteiger partial charge < -0.3 is 19.7 Å². The van der Waals surface area contributed by atoms with Crippen LogP contribution in [0.25, 0.3) is 11.3 Å². The summed E-state index contributed by atoms with van der Waals surface area (Å²) in [5.41, 5.74) is 3.65. The molecule has 0 saturated carbocycles. The normalized spacial score (nSPS) is 23.7. The second kappa shape index (κ2) is 9.90. The first kappa shape index (κ1) is 23.7. The van der Waals surface area contributed by atoms with Gasteiger partial charge in [0.15, 0.2) is 0 Å². The van der Waals surface area contributed by atoms with E-state index in [1.54, 1.807) is 18.3 Å². The minimum absolute atomic E-state index is 0.0838. The Hall–Kier alpha value is -3.05. The zero-order valence-corrected chi connectivity index (χ0v) is 20.5. The van der Waals surface area contributed by atoms with Gasteiger partial charge in [-0.3, -0.25) is 0 Å². The van der Waals surface area contributed by atoms with Crippen molar-refractivity contribution >= 4 is 21.7 Å². The van der Waals surface area contributed by atoms with Crippen molar-refractivity contribution in [3.8, 4) is 11.3 Å². The minimum Gasteiger partial charge on any atom is -0.378 e. The van der Waals surface area contributed by atoms with Gasteiger partial charge in [-0.05, 0) is 23.8 Å². The van der Waals surface area contributed by atoms with E-state index in [0.29, 0.717) is 12.6 Å². The Morgan fingerprint density at radius 2 is 1.63 bits per heavy atom. The molecule has 35 heavy (non-hydrogen) atoms. The first-order chi connectivity index (χ1) is 16.9. The van der Waals surface area contributed by atoms with Crippen molar-refractivity contribution in [2.24, 2.45) is 0 Å². The number of sulfonamides is 1. The fourth-order valence-corrected chi connectivity index (χ4v) is 5.85. The molecule has 0 spiro atoms. The Morgan fingerprint density at radius 1 is 0.943 bits per heavy atom. The van der Waals surface area contributed by atoms with Gasteiger partial charge in [-0.2, -0.15) is 0 Å². The summed E-state index contributed by atoms with van der Waals surface area (Å²) in [5.74, 6) is 0.393. The lowest BCUT2D eigenvalue weighted by atomic mass is 10.1. The smallest absolute Gasteiger partial charge is 0.223 e. The highest BCUT2D eigenvalue weighted by Gasteiger charge is 2.49. The highest BCUT2D eigenvalue weighted by Crippen LogP contribution is 2.30. The predicted molar refractivity (Wildman–Crippen MR) is 135 cm³/mol. The van der Waals surface area contributed by atoms with E-state index in [0.717, 1.165) is 22.5 Å². The van der Waals surface area contributed by atoms with Crippen LogP contribution in [0.1, 0.15) is 5.56 Å². The SMILES string of the molecule is CN(C)c1ccc(-c2ccnc(N[C@H]3CO[C@H]4[C@@H]3OC[C@@H]4NS(=O)(=O)Cc3ccccc3)n2)cc1. The molecule has 2 aliphatic heterocycles. The minimum atomic E-state index is -3.54. The topological polar surface area (TPSA) is 106 Å². The lowest BCUT2D eigenvalue weighted by Crippen LogP contribution is -2.45. The number of ether oxygens (including phenoxy) is 2. The van der Waals surface area contributed by atoms with Crippen LogP contribution in [-0.2, 0) is 25.2 Å². The molecule has 0 bridgehead atoms. The maximum Gasteiger partial charge on any atom is 0.223 e. The monoisotopic (exact) mass is 495 g/mol. The Balaban J connectivity index is 1.22. The summed E-state index contributed by atoms with van der Waals surface area (Å²) in [4.78, 5) is 11.1. The average molecular weight is 496 g/mol. The number of nitrogens with zero attached hydrogens (tertiary/aromatic N) is 3. The molecule has 184 valence electrons. The quantitative estimate of drug-likeness (QED) is 0.490. The van der Waals surface area contributed by atoms with Gasteiger partial charge in [-0.1, -0.05) is 42.5 Å². The van der Waals surface area contributed by atoms with E-state index in [9.17, 15) is 8.42 Å². The van der Waals surface area contributed by atoms with Crippen molar-refractivity contribution in [2.75, 3.05) is 37.5 Å². The number of hydrogen-bond acceptors (Lipinski definition) is 8. The standard InChI is InChI=1S/C25H29N5O4S/c1-30(2)19-10-8-18(9-11-19)20-12-13-26-25(27-20)28-21-14-33-24-22(15-34-23(21)24)29-35(31,32)16-17-6-4-3-5-7-17/h3-13,21-24,29H,14-16H2,1-2H3,(H,26,27,28)/t21-,22-,23+,24+/m0/s1. The van der Waals surface area contributed by atoms with Crippen LogP contribution in [0.5, 0.6) is 0 Å². The molecule has 0 amide bonds. The first-order valence-electron chi connectivity index (χ1n) is 11.5. The summed E-state index contributed by atoms with van der Waals surface area (Å²) in [5, 5.41) is 3.32. The number of hydrogen-bond donors (Lipinski definition) is 2. The van der Waals surface area contributed by atoms with Gasteiger partial charge in [0, 0.05) is 31.5 Å². The van der Waals surface area contributed by atoms with Crippen LogP contribution in [0, 0.1) is 0 Å². The molecule has 0 radical (unpaired) electrons. The molecule has 2 saturated heterocycles. The summed E-state index contributed by atoms with van der Waals surface area (Å²) in [7, 11) is 0.469. The van der Waals surface area contributed by atoms with Gasteiger partial charge in [0.2, 0.25) is 16.0 Å². The van der Waals surface area contributed by atoms with Gasteiger partial charge in [0.1, 0.15) is 12.2 Å². The largest absolute Gasteiger partial charge is 0.378 e. The van der Waals surface area contributed by atoms with E-state index >= 15 is 0 Å². The fourth-order valence-electron chi connectivity index (χ4n) is 4.48. The van der Waals surface area contributed by atoms with Gasteiger partial charge in [0.05, 0.1) is 36.7 Å². The van der Waals surface area contributed by atoms with Gasteiger partial charge >= 0.3 is 0 Å². The van der Waals surface area contributed by atoms with Crippen molar-refractivity contribution in [1.82, 2.24) is 14.7 Å². The molecule has 2 fully saturated rings. The van der Waals surface area contributed by atoms with Crippen molar-refractivity contribution in [3.63, 3.8) is 0 Å². The van der Waals surface area contributed by atoms with Gasteiger partial charge in [0.25, 0.3) is 0 Å². The number of anilines is 2. The molecule has 3 heterocycles. The molecule has 4 atom stereocenters. The molecule has 0 aliphatic carbocycles. The Morgan fingerprint density at radius 3 is 2.34 bits per heavy atom. The highest BCUT2D eigenvalue weighted by atomic mass is 32.2. The van der Waals surface area contributed by atoms with Crippen LogP contribution in [0.3, 0.4) is 0 Å². The lowest BCUT2D eigenvalue weighted by molar-refractivity contribution is 0.0690. The summed E-state index contributed by atoms with van der Waals surface area (Å²) >= 11 is 0. The summed E-state index contributed by atoms with van der Waals surface area (Å²) in [6.07, 6.45) is 1.04. The lowest BCUT2D eigenvalue weighted by Gasteiger charge is -2.18. The van der Waals surface area contributed by atoms with Crippen LogP contribution < -0.4 is 14.9 Å². The molecule has 2 aliphatic rings. The van der Waals surface area contributed by atoms with Crippen LogP contribution >= 0.6 is 0 Å². The molecule has 9 nitrogen and oxygen atoms in total. The third kappa shape index (κ3) is 5.46. The van der Waals surface area contributed by atoms with Crippen molar-refractivity contribution in [3.05, 3.63) is 72.4 Å². The maximum absolute atomic E-state index is 12.7. The summed E-state index contributed by atoms with van der Waals surface area (Å²) < 4.78 is 40.0. The second-order valence-electron chi connectivity index (χ2n) is 9.02. The number of rotatable bonds is 8. The van der Waals surface area contributed by atoms with Gasteiger partial charge in [-0.15, -0.1) is 0 Å². The fraction of sp³-hybridized carbons (Fsp3) is 0.360. The van der Waals surface area contributed by atoms with Crippen LogP contribution in [-0.4, -0.2) is 70.0 Å². The number of nitrogens with one attached hydrogen (secondary N) is 2. The molecule has 2 aromatic carbocycles. The number of aromatic nitrogens is 2. The zero-order chi connectivity index (χ0) is 24.4. The third-order valence-corrected chi connectivity index (χ3v) is 7.61. The third-order valence-electron chi connectivity index (χ3n) is 6.23. The molecule has 1 aromatic heterocycles. The summed E-state index contributed by atoms with van der Waals surface area (Å²) in [6.45, 7) is 0.623. The van der Waals surface area contributed by atoms with Crippen molar-refractivity contribution in [1.29, 1.82) is 0 Å². The molecular weight excluding hydrogens is 466 g/mol. The van der Waals surface area contributed by atoms with Crippen LogP contribution in [0.15, 0.2) is 66.9 Å². The van der Waals surface area contributed by atoms with E-state index in [4.69, 9.17) is 9.47 Å². The number of fused-ring (bicyclic) bond motifs is 1. The van der Waals surface area contributed by atoms with E-state index in [-0.39, 0.29) is 30.6 Å². The van der Waals surface area contributed by atoms with Gasteiger partial charge in [-0.25, -0.2) is 23.1 Å². The van der Waals surface area contributed by atoms with E-state index in [1.165, 1.54) is 0 Å². The Bertz CT molecular complexity index is 1250. The van der Waals surface area contributed by atoms with Crippen LogP contribution in [0.4, 0.5) is 11.6 Å².